The van der Waals surface area contributed by atoms with Crippen molar-refractivity contribution in [1.82, 2.24) is 5.32 Å². The van der Waals surface area contributed by atoms with Gasteiger partial charge in [-0.25, -0.2) is 0 Å². The SMILES string of the molecule is Cc1cc(NC2CC(=O)NC2=O)ccc1[N+](=O)[O-]. The highest BCUT2D eigenvalue weighted by Crippen LogP contribution is 2.22. The molecule has 0 aliphatic carbocycles. The van der Waals surface area contributed by atoms with Crippen LogP contribution >= 0.6 is 0 Å². The van der Waals surface area contributed by atoms with Gasteiger partial charge in [-0.3, -0.25) is 25.0 Å². The first kappa shape index (κ1) is 12.0. The number of amides is 2. The van der Waals surface area contributed by atoms with Crippen molar-refractivity contribution < 1.29 is 14.5 Å². The lowest BCUT2D eigenvalue weighted by Gasteiger charge is -2.11. The van der Waals surface area contributed by atoms with Crippen molar-refractivity contribution >= 4 is 23.2 Å². The molecule has 2 rings (SSSR count). The van der Waals surface area contributed by atoms with Crippen LogP contribution in [0.4, 0.5) is 11.4 Å². The Morgan fingerprint density at radius 1 is 1.44 bits per heavy atom. The van der Waals surface area contributed by atoms with Gasteiger partial charge < -0.3 is 5.32 Å². The highest BCUT2D eigenvalue weighted by atomic mass is 16.6. The van der Waals surface area contributed by atoms with Gasteiger partial charge in [-0.05, 0) is 19.1 Å². The summed E-state index contributed by atoms with van der Waals surface area (Å²) in [5, 5.41) is 15.7. The predicted octanol–water partition coefficient (Wildman–Crippen LogP) is 0.730. The summed E-state index contributed by atoms with van der Waals surface area (Å²) in [5.74, 6) is -0.702. The van der Waals surface area contributed by atoms with E-state index < -0.39 is 11.0 Å². The van der Waals surface area contributed by atoms with Crippen molar-refractivity contribution in [3.8, 4) is 0 Å². The van der Waals surface area contributed by atoms with E-state index in [1.807, 2.05) is 0 Å². The zero-order valence-corrected chi connectivity index (χ0v) is 9.60. The third-order valence-electron chi connectivity index (χ3n) is 2.70. The lowest BCUT2D eigenvalue weighted by Crippen LogP contribution is -2.30. The van der Waals surface area contributed by atoms with Gasteiger partial charge in [-0.2, -0.15) is 0 Å². The molecule has 0 saturated carbocycles. The fourth-order valence-electron chi connectivity index (χ4n) is 1.82. The first-order chi connectivity index (χ1) is 8.47. The Hall–Kier alpha value is -2.44. The van der Waals surface area contributed by atoms with E-state index in [1.165, 1.54) is 12.1 Å². The number of rotatable bonds is 3. The Labute approximate surface area is 102 Å². The quantitative estimate of drug-likeness (QED) is 0.467. The van der Waals surface area contributed by atoms with E-state index in [1.54, 1.807) is 13.0 Å². The summed E-state index contributed by atoms with van der Waals surface area (Å²) in [6.45, 7) is 1.61. The average molecular weight is 249 g/mol. The summed E-state index contributed by atoms with van der Waals surface area (Å²) in [5.41, 5.74) is 1.09. The van der Waals surface area contributed by atoms with Crippen LogP contribution in [0.25, 0.3) is 0 Å². The van der Waals surface area contributed by atoms with Crippen LogP contribution in [-0.4, -0.2) is 22.8 Å². The molecule has 1 heterocycles. The Morgan fingerprint density at radius 2 is 2.17 bits per heavy atom. The molecule has 0 spiro atoms. The van der Waals surface area contributed by atoms with Gasteiger partial charge in [-0.1, -0.05) is 0 Å². The fourth-order valence-corrected chi connectivity index (χ4v) is 1.82. The minimum Gasteiger partial charge on any atom is -0.373 e. The number of hydrogen-bond donors (Lipinski definition) is 2. The van der Waals surface area contributed by atoms with Gasteiger partial charge in [0, 0.05) is 17.3 Å². The summed E-state index contributed by atoms with van der Waals surface area (Å²) >= 11 is 0. The zero-order valence-electron chi connectivity index (χ0n) is 9.60. The third-order valence-corrected chi connectivity index (χ3v) is 2.70. The Bertz CT molecular complexity index is 541. The molecule has 94 valence electrons. The van der Waals surface area contributed by atoms with Gasteiger partial charge >= 0.3 is 0 Å². The molecule has 18 heavy (non-hydrogen) atoms. The number of benzene rings is 1. The van der Waals surface area contributed by atoms with Crippen LogP contribution in [0.5, 0.6) is 0 Å². The maximum absolute atomic E-state index is 11.3. The maximum atomic E-state index is 11.3. The number of aryl methyl sites for hydroxylation is 1. The second-order valence-corrected chi connectivity index (χ2v) is 4.07. The molecule has 1 unspecified atom stereocenters. The van der Waals surface area contributed by atoms with Crippen LogP contribution in [0.3, 0.4) is 0 Å². The minimum absolute atomic E-state index is 0.0208. The zero-order chi connectivity index (χ0) is 13.3. The first-order valence-corrected chi connectivity index (χ1v) is 5.32. The molecule has 7 nitrogen and oxygen atoms in total. The van der Waals surface area contributed by atoms with Crippen molar-refractivity contribution in [3.05, 3.63) is 33.9 Å². The maximum Gasteiger partial charge on any atom is 0.272 e. The average Bonchev–Trinajstić information content (AvgIpc) is 2.57. The minimum atomic E-state index is -0.613. The van der Waals surface area contributed by atoms with E-state index in [4.69, 9.17) is 0 Å². The molecule has 1 atom stereocenters. The standard InChI is InChI=1S/C11H11N3O4/c1-6-4-7(2-3-9(6)14(17)18)12-8-5-10(15)13-11(8)16/h2-4,8,12H,5H2,1H3,(H,13,15,16). The monoisotopic (exact) mass is 249 g/mol. The largest absolute Gasteiger partial charge is 0.373 e. The first-order valence-electron chi connectivity index (χ1n) is 5.32. The second kappa shape index (κ2) is 4.44. The van der Waals surface area contributed by atoms with E-state index in [9.17, 15) is 19.7 Å². The topological polar surface area (TPSA) is 101 Å². The van der Waals surface area contributed by atoms with Crippen molar-refractivity contribution in [2.45, 2.75) is 19.4 Å². The lowest BCUT2D eigenvalue weighted by molar-refractivity contribution is -0.385. The van der Waals surface area contributed by atoms with E-state index in [-0.39, 0.29) is 23.9 Å². The second-order valence-electron chi connectivity index (χ2n) is 4.07. The van der Waals surface area contributed by atoms with Crippen LogP contribution in [-0.2, 0) is 9.59 Å². The Morgan fingerprint density at radius 3 is 2.67 bits per heavy atom. The number of nitro benzene ring substituents is 1. The van der Waals surface area contributed by atoms with E-state index in [2.05, 4.69) is 10.6 Å². The number of carbonyl (C=O) groups is 2. The molecule has 2 amide bonds. The lowest BCUT2D eigenvalue weighted by atomic mass is 10.1. The van der Waals surface area contributed by atoms with Crippen molar-refractivity contribution in [1.29, 1.82) is 0 Å². The normalized spacial score (nSPS) is 18.6. The predicted molar refractivity (Wildman–Crippen MR) is 63.0 cm³/mol. The van der Waals surface area contributed by atoms with Crippen LogP contribution in [0.1, 0.15) is 12.0 Å². The van der Waals surface area contributed by atoms with Gasteiger partial charge in [0.15, 0.2) is 0 Å². The van der Waals surface area contributed by atoms with Crippen LogP contribution in [0, 0.1) is 17.0 Å². The van der Waals surface area contributed by atoms with Crippen molar-refractivity contribution in [3.63, 3.8) is 0 Å². The van der Waals surface area contributed by atoms with Crippen LogP contribution in [0.2, 0.25) is 0 Å². The van der Waals surface area contributed by atoms with Crippen LogP contribution < -0.4 is 10.6 Å². The number of hydrogen-bond acceptors (Lipinski definition) is 5. The molecule has 1 saturated heterocycles. The number of nitro groups is 1. The number of nitrogens with zero attached hydrogens (tertiary/aromatic N) is 1. The fraction of sp³-hybridized carbons (Fsp3) is 0.273. The number of carbonyl (C=O) groups excluding carboxylic acids is 2. The molecule has 0 bridgehead atoms. The molecule has 1 fully saturated rings. The third kappa shape index (κ3) is 2.29. The molecular weight excluding hydrogens is 238 g/mol. The van der Waals surface area contributed by atoms with Crippen molar-refractivity contribution in [2.75, 3.05) is 5.32 Å². The van der Waals surface area contributed by atoms with Crippen molar-refractivity contribution in [2.24, 2.45) is 0 Å². The molecule has 0 aromatic heterocycles. The molecule has 1 aliphatic heterocycles. The molecular formula is C11H11N3O4. The Kier molecular flexibility index (Phi) is 2.97. The molecule has 7 heteroatoms. The smallest absolute Gasteiger partial charge is 0.272 e. The van der Waals surface area contributed by atoms with Gasteiger partial charge in [0.1, 0.15) is 6.04 Å². The molecule has 1 aromatic rings. The van der Waals surface area contributed by atoms with Gasteiger partial charge in [0.05, 0.1) is 11.3 Å². The van der Waals surface area contributed by atoms with Crippen LogP contribution in [0.15, 0.2) is 18.2 Å². The van der Waals surface area contributed by atoms with Gasteiger partial charge in [0.2, 0.25) is 11.8 Å². The summed E-state index contributed by atoms with van der Waals surface area (Å²) < 4.78 is 0. The highest BCUT2D eigenvalue weighted by Gasteiger charge is 2.30. The summed E-state index contributed by atoms with van der Waals surface area (Å²) in [6.07, 6.45) is 0.0782. The van der Waals surface area contributed by atoms with E-state index in [0.717, 1.165) is 0 Å². The van der Waals surface area contributed by atoms with E-state index >= 15 is 0 Å². The molecule has 0 radical (unpaired) electrons. The summed E-state index contributed by atoms with van der Waals surface area (Å²) in [4.78, 5) is 32.5. The molecule has 2 N–H and O–H groups in total. The van der Waals surface area contributed by atoms with Gasteiger partial charge in [-0.15, -0.1) is 0 Å². The number of nitrogens with one attached hydrogen (secondary N) is 2. The number of imide groups is 1. The highest BCUT2D eigenvalue weighted by molar-refractivity contribution is 6.06. The number of anilines is 1. The molecule has 1 aliphatic rings. The summed E-state index contributed by atoms with van der Waals surface area (Å²) in [7, 11) is 0. The molecule has 1 aromatic carbocycles. The van der Waals surface area contributed by atoms with Gasteiger partial charge in [0.25, 0.3) is 5.69 Å². The van der Waals surface area contributed by atoms with E-state index in [0.29, 0.717) is 11.3 Å². The summed E-state index contributed by atoms with van der Waals surface area (Å²) in [6, 6.07) is 3.85. The Balaban J connectivity index is 2.16.